The molecular weight excluding hydrogens is 504 g/mol. The summed E-state index contributed by atoms with van der Waals surface area (Å²) in [6.07, 6.45) is -1.16. The standard InChI is InChI=1S/C18H23F3N4OS.HI/c19-18(20,21)13-25-8-6-14(12-25)24-17(23-11-16-4-2-10-27-16)22-7-5-15-3-1-9-26-15;/h1-4,9-10,14H,5-8,11-13H2,(H2,22,23,24);1H. The number of nitrogens with zero attached hydrogens (tertiary/aromatic N) is 2. The lowest BCUT2D eigenvalue weighted by Crippen LogP contribution is -2.45. The van der Waals surface area contributed by atoms with Crippen molar-refractivity contribution in [2.24, 2.45) is 4.99 Å². The van der Waals surface area contributed by atoms with Gasteiger partial charge in [0.05, 0.1) is 19.4 Å². The second kappa shape index (κ2) is 11.1. The molecule has 2 N–H and O–H groups in total. The first kappa shape index (κ1) is 23.0. The van der Waals surface area contributed by atoms with Crippen LogP contribution in [0.25, 0.3) is 0 Å². The van der Waals surface area contributed by atoms with Crippen molar-refractivity contribution in [2.45, 2.75) is 31.6 Å². The molecule has 0 radical (unpaired) electrons. The van der Waals surface area contributed by atoms with E-state index in [1.54, 1.807) is 17.6 Å². The van der Waals surface area contributed by atoms with E-state index in [1.807, 2.05) is 29.6 Å². The summed E-state index contributed by atoms with van der Waals surface area (Å²) in [4.78, 5) is 7.14. The molecule has 1 unspecified atom stereocenters. The zero-order chi connectivity index (χ0) is 19.1. The van der Waals surface area contributed by atoms with Crippen molar-refractivity contribution in [3.05, 3.63) is 46.5 Å². The minimum Gasteiger partial charge on any atom is -0.469 e. The molecule has 1 fully saturated rings. The largest absolute Gasteiger partial charge is 0.469 e. The van der Waals surface area contributed by atoms with E-state index in [0.717, 1.165) is 10.6 Å². The van der Waals surface area contributed by atoms with Gasteiger partial charge in [-0.25, -0.2) is 4.99 Å². The minimum absolute atomic E-state index is 0. The normalized spacial score (nSPS) is 18.1. The summed E-state index contributed by atoms with van der Waals surface area (Å²) in [5.41, 5.74) is 0. The summed E-state index contributed by atoms with van der Waals surface area (Å²) in [6.45, 7) is 1.09. The fourth-order valence-electron chi connectivity index (χ4n) is 3.01. The molecule has 3 heterocycles. The molecule has 0 saturated carbocycles. The molecule has 10 heteroatoms. The number of furan rings is 1. The van der Waals surface area contributed by atoms with Gasteiger partial charge in [0.25, 0.3) is 0 Å². The third kappa shape index (κ3) is 8.00. The van der Waals surface area contributed by atoms with Crippen molar-refractivity contribution in [2.75, 3.05) is 26.2 Å². The van der Waals surface area contributed by atoms with E-state index in [0.29, 0.717) is 45.0 Å². The van der Waals surface area contributed by atoms with Crippen molar-refractivity contribution in [1.82, 2.24) is 15.5 Å². The summed E-state index contributed by atoms with van der Waals surface area (Å²) < 4.78 is 43.0. The van der Waals surface area contributed by atoms with Crippen LogP contribution in [0.1, 0.15) is 17.1 Å². The average Bonchev–Trinajstić information content (AvgIpc) is 3.34. The van der Waals surface area contributed by atoms with Crippen molar-refractivity contribution in [3.8, 4) is 0 Å². The molecule has 1 atom stereocenters. The Labute approximate surface area is 183 Å². The molecule has 1 aliphatic heterocycles. The fourth-order valence-corrected chi connectivity index (χ4v) is 3.64. The maximum atomic E-state index is 12.6. The lowest BCUT2D eigenvalue weighted by Gasteiger charge is -2.20. The predicted octanol–water partition coefficient (Wildman–Crippen LogP) is 3.87. The molecular formula is C18H24F3IN4OS. The quantitative estimate of drug-likeness (QED) is 0.326. The zero-order valence-electron chi connectivity index (χ0n) is 15.2. The molecule has 1 saturated heterocycles. The van der Waals surface area contributed by atoms with Crippen LogP contribution < -0.4 is 10.6 Å². The summed E-state index contributed by atoms with van der Waals surface area (Å²) in [7, 11) is 0. The lowest BCUT2D eigenvalue weighted by molar-refractivity contribution is -0.143. The van der Waals surface area contributed by atoms with Crippen LogP contribution in [-0.4, -0.2) is 49.3 Å². The Hall–Kier alpha value is -1.27. The summed E-state index contributed by atoms with van der Waals surface area (Å²) in [5.74, 6) is 1.49. The number of hydrogen-bond acceptors (Lipinski definition) is 4. The van der Waals surface area contributed by atoms with Crippen LogP contribution in [0.3, 0.4) is 0 Å². The Morgan fingerprint density at radius 3 is 2.86 bits per heavy atom. The second-order valence-electron chi connectivity index (χ2n) is 6.48. The zero-order valence-corrected chi connectivity index (χ0v) is 18.4. The smallest absolute Gasteiger partial charge is 0.401 e. The maximum absolute atomic E-state index is 12.6. The topological polar surface area (TPSA) is 52.8 Å². The van der Waals surface area contributed by atoms with Crippen LogP contribution in [0.4, 0.5) is 13.2 Å². The molecule has 3 rings (SSSR count). The number of alkyl halides is 3. The Bertz CT molecular complexity index is 707. The Morgan fingerprint density at radius 1 is 1.32 bits per heavy atom. The van der Waals surface area contributed by atoms with E-state index in [2.05, 4.69) is 15.6 Å². The highest BCUT2D eigenvalue weighted by molar-refractivity contribution is 14.0. The minimum atomic E-state index is -4.16. The molecule has 0 spiro atoms. The van der Waals surface area contributed by atoms with Crippen LogP contribution in [0.2, 0.25) is 0 Å². The molecule has 0 bridgehead atoms. The predicted molar refractivity (Wildman–Crippen MR) is 115 cm³/mol. The molecule has 0 aliphatic carbocycles. The molecule has 1 aliphatic rings. The number of rotatable bonds is 7. The van der Waals surface area contributed by atoms with Crippen LogP contribution in [0.5, 0.6) is 0 Å². The Kier molecular flexibility index (Phi) is 9.09. The first-order chi connectivity index (χ1) is 13.0. The third-order valence-corrected chi connectivity index (χ3v) is 5.09. The van der Waals surface area contributed by atoms with E-state index in [4.69, 9.17) is 4.42 Å². The van der Waals surface area contributed by atoms with Crippen LogP contribution in [0, 0.1) is 0 Å². The van der Waals surface area contributed by atoms with E-state index in [-0.39, 0.29) is 30.0 Å². The van der Waals surface area contributed by atoms with Crippen LogP contribution >= 0.6 is 35.3 Å². The van der Waals surface area contributed by atoms with Gasteiger partial charge in [-0.1, -0.05) is 6.07 Å². The van der Waals surface area contributed by atoms with E-state index < -0.39 is 12.7 Å². The third-order valence-electron chi connectivity index (χ3n) is 4.23. The first-order valence-corrected chi connectivity index (χ1v) is 9.74. The van der Waals surface area contributed by atoms with E-state index >= 15 is 0 Å². The molecule has 28 heavy (non-hydrogen) atoms. The fraction of sp³-hybridized carbons (Fsp3) is 0.500. The summed E-state index contributed by atoms with van der Waals surface area (Å²) in [6, 6.07) is 7.68. The Balaban J connectivity index is 0.00000280. The highest BCUT2D eigenvalue weighted by atomic mass is 127. The van der Waals surface area contributed by atoms with Gasteiger partial charge in [0, 0.05) is 37.0 Å². The van der Waals surface area contributed by atoms with Gasteiger partial charge in [-0.2, -0.15) is 13.2 Å². The van der Waals surface area contributed by atoms with Gasteiger partial charge < -0.3 is 15.1 Å². The molecule has 2 aromatic heterocycles. The van der Waals surface area contributed by atoms with Crippen molar-refractivity contribution < 1.29 is 17.6 Å². The van der Waals surface area contributed by atoms with Crippen LogP contribution in [-0.2, 0) is 13.0 Å². The number of halogens is 4. The number of nitrogens with one attached hydrogen (secondary N) is 2. The SMILES string of the molecule is FC(F)(F)CN1CCC(NC(=NCc2cccs2)NCCc2ccco2)C1.I. The summed E-state index contributed by atoms with van der Waals surface area (Å²) in [5, 5.41) is 8.53. The number of likely N-dealkylation sites (tertiary alicyclic amines) is 1. The van der Waals surface area contributed by atoms with Gasteiger partial charge in [0.2, 0.25) is 0 Å². The second-order valence-corrected chi connectivity index (χ2v) is 7.51. The van der Waals surface area contributed by atoms with Crippen molar-refractivity contribution >= 4 is 41.3 Å². The first-order valence-electron chi connectivity index (χ1n) is 8.87. The molecule has 2 aromatic rings. The number of guanidine groups is 1. The lowest BCUT2D eigenvalue weighted by atomic mass is 10.3. The van der Waals surface area contributed by atoms with Gasteiger partial charge in [0.1, 0.15) is 5.76 Å². The highest BCUT2D eigenvalue weighted by Gasteiger charge is 2.34. The van der Waals surface area contributed by atoms with Crippen molar-refractivity contribution in [3.63, 3.8) is 0 Å². The van der Waals surface area contributed by atoms with Crippen LogP contribution in [0.15, 0.2) is 45.3 Å². The number of thiophene rings is 1. The van der Waals surface area contributed by atoms with Gasteiger partial charge >= 0.3 is 6.18 Å². The number of aliphatic imine (C=N–C) groups is 1. The highest BCUT2D eigenvalue weighted by Crippen LogP contribution is 2.20. The summed E-state index contributed by atoms with van der Waals surface area (Å²) >= 11 is 1.63. The Morgan fingerprint density at radius 2 is 2.18 bits per heavy atom. The maximum Gasteiger partial charge on any atom is 0.401 e. The van der Waals surface area contributed by atoms with Gasteiger partial charge in [0.15, 0.2) is 5.96 Å². The van der Waals surface area contributed by atoms with E-state index in [9.17, 15) is 13.2 Å². The average molecular weight is 528 g/mol. The van der Waals surface area contributed by atoms with Gasteiger partial charge in [-0.05, 0) is 30.0 Å². The molecule has 0 amide bonds. The molecule has 156 valence electrons. The van der Waals surface area contributed by atoms with Gasteiger partial charge in [-0.15, -0.1) is 35.3 Å². The molecule has 0 aromatic carbocycles. The monoisotopic (exact) mass is 528 g/mol. The van der Waals surface area contributed by atoms with Crippen molar-refractivity contribution in [1.29, 1.82) is 0 Å². The van der Waals surface area contributed by atoms with E-state index in [1.165, 1.54) is 4.90 Å². The van der Waals surface area contributed by atoms with Gasteiger partial charge in [-0.3, -0.25) is 4.90 Å². The number of hydrogen-bond donors (Lipinski definition) is 2. The molecule has 5 nitrogen and oxygen atoms in total.